The van der Waals surface area contributed by atoms with Gasteiger partial charge in [-0.2, -0.15) is 0 Å². The summed E-state index contributed by atoms with van der Waals surface area (Å²) in [6.45, 7) is 10.9. The minimum absolute atomic E-state index is 0.260. The summed E-state index contributed by atoms with van der Waals surface area (Å²) >= 11 is 0. The van der Waals surface area contributed by atoms with Crippen molar-refractivity contribution in [1.29, 1.82) is 0 Å². The molecular weight excluding hydrogens is 388 g/mol. The van der Waals surface area contributed by atoms with Crippen molar-refractivity contribution < 1.29 is 19.1 Å². The van der Waals surface area contributed by atoms with Crippen LogP contribution in [0.5, 0.6) is 11.5 Å². The first-order valence-electron chi connectivity index (χ1n) is 12.4. The van der Waals surface area contributed by atoms with Crippen molar-refractivity contribution in [3.05, 3.63) is 23.8 Å². The zero-order valence-electron chi connectivity index (χ0n) is 20.5. The highest BCUT2D eigenvalue weighted by atomic mass is 16.6. The smallest absolute Gasteiger partial charge is 0.311 e. The van der Waals surface area contributed by atoms with Crippen molar-refractivity contribution >= 4 is 11.9 Å². The lowest BCUT2D eigenvalue weighted by atomic mass is 10.1. The van der Waals surface area contributed by atoms with E-state index in [1.165, 1.54) is 0 Å². The molecule has 0 spiro atoms. The highest BCUT2D eigenvalue weighted by molar-refractivity contribution is 5.76. The van der Waals surface area contributed by atoms with Crippen LogP contribution >= 0.6 is 0 Å². The third kappa shape index (κ3) is 13.2. The quantitative estimate of drug-likeness (QED) is 0.153. The number of rotatable bonds is 16. The number of benzene rings is 1. The lowest BCUT2D eigenvalue weighted by Gasteiger charge is -2.13. The molecule has 4 nitrogen and oxygen atoms in total. The van der Waals surface area contributed by atoms with Gasteiger partial charge in [-0.3, -0.25) is 9.59 Å². The predicted octanol–water partition coefficient (Wildman–Crippen LogP) is 7.66. The van der Waals surface area contributed by atoms with Gasteiger partial charge in [-0.05, 0) is 55.2 Å². The Labute approximate surface area is 190 Å². The molecule has 0 aliphatic heterocycles. The number of unbranched alkanes of at least 4 members (excludes halogenated alkanes) is 4. The van der Waals surface area contributed by atoms with E-state index in [0.717, 1.165) is 69.8 Å². The molecule has 1 rings (SSSR count). The van der Waals surface area contributed by atoms with Crippen LogP contribution in [0.2, 0.25) is 0 Å². The van der Waals surface area contributed by atoms with Crippen LogP contribution in [0.1, 0.15) is 111 Å². The lowest BCUT2D eigenvalue weighted by molar-refractivity contribution is -0.137. The summed E-state index contributed by atoms with van der Waals surface area (Å²) in [5, 5.41) is 0. The first-order chi connectivity index (χ1) is 14.8. The molecule has 0 bridgehead atoms. The maximum absolute atomic E-state index is 12.4. The third-order valence-electron chi connectivity index (χ3n) is 5.35. The molecule has 31 heavy (non-hydrogen) atoms. The van der Waals surface area contributed by atoms with Crippen LogP contribution in [0.15, 0.2) is 18.2 Å². The topological polar surface area (TPSA) is 52.6 Å². The Kier molecular flexibility index (Phi) is 13.9. The molecule has 0 saturated heterocycles. The summed E-state index contributed by atoms with van der Waals surface area (Å²) < 4.78 is 11.2. The Morgan fingerprint density at radius 1 is 0.742 bits per heavy atom. The lowest BCUT2D eigenvalue weighted by Crippen LogP contribution is -2.12. The largest absolute Gasteiger partial charge is 0.423 e. The van der Waals surface area contributed by atoms with Crippen LogP contribution in [0.3, 0.4) is 0 Å². The van der Waals surface area contributed by atoms with Gasteiger partial charge in [0.2, 0.25) is 0 Å². The van der Waals surface area contributed by atoms with E-state index in [1.807, 2.05) is 12.1 Å². The average molecular weight is 433 g/mol. The molecule has 0 radical (unpaired) electrons. The predicted molar refractivity (Wildman–Crippen MR) is 128 cm³/mol. The van der Waals surface area contributed by atoms with Crippen LogP contribution in [0.25, 0.3) is 0 Å². The molecule has 0 fully saturated rings. The first-order valence-corrected chi connectivity index (χ1v) is 12.4. The third-order valence-corrected chi connectivity index (χ3v) is 5.35. The molecule has 0 saturated carbocycles. The highest BCUT2D eigenvalue weighted by Crippen LogP contribution is 2.30. The van der Waals surface area contributed by atoms with Crippen LogP contribution < -0.4 is 9.47 Å². The summed E-state index contributed by atoms with van der Waals surface area (Å²) in [6, 6.07) is 5.61. The van der Waals surface area contributed by atoms with Gasteiger partial charge in [0.15, 0.2) is 11.5 Å². The van der Waals surface area contributed by atoms with Gasteiger partial charge in [-0.1, -0.05) is 79.2 Å². The number of esters is 2. The van der Waals surface area contributed by atoms with Crippen molar-refractivity contribution in [3.8, 4) is 11.5 Å². The average Bonchev–Trinajstić information content (AvgIpc) is 2.70. The van der Waals surface area contributed by atoms with Crippen LogP contribution in [0, 0.1) is 11.8 Å². The van der Waals surface area contributed by atoms with Crippen molar-refractivity contribution in [2.75, 3.05) is 0 Å². The number of hydrogen-bond acceptors (Lipinski definition) is 4. The Hall–Kier alpha value is -1.84. The molecule has 0 atom stereocenters. The standard InChI is InChI=1S/C27H44O4/c1-6-7-8-15-23-18-19-24(30-26(28)16-11-9-13-21(2)3)25(20-23)31-27(29)17-12-10-14-22(4)5/h18-22H,6-17H2,1-5H3. The number of ether oxygens (including phenoxy) is 2. The zero-order chi connectivity index (χ0) is 23.1. The molecule has 0 N–H and O–H groups in total. The van der Waals surface area contributed by atoms with Gasteiger partial charge >= 0.3 is 11.9 Å². The van der Waals surface area contributed by atoms with E-state index in [1.54, 1.807) is 6.07 Å². The van der Waals surface area contributed by atoms with Gasteiger partial charge in [-0.25, -0.2) is 0 Å². The van der Waals surface area contributed by atoms with Gasteiger partial charge < -0.3 is 9.47 Å². The molecule has 1 aromatic rings. The zero-order valence-corrected chi connectivity index (χ0v) is 20.5. The van der Waals surface area contributed by atoms with E-state index in [4.69, 9.17) is 9.47 Å². The Morgan fingerprint density at radius 2 is 1.29 bits per heavy atom. The highest BCUT2D eigenvalue weighted by Gasteiger charge is 2.15. The molecule has 4 heteroatoms. The van der Waals surface area contributed by atoms with E-state index in [-0.39, 0.29) is 11.9 Å². The molecule has 176 valence electrons. The Bertz CT molecular complexity index is 649. The normalized spacial score (nSPS) is 11.2. The Morgan fingerprint density at radius 3 is 1.81 bits per heavy atom. The molecule has 0 unspecified atom stereocenters. The van der Waals surface area contributed by atoms with Crippen molar-refractivity contribution in [3.63, 3.8) is 0 Å². The van der Waals surface area contributed by atoms with Gasteiger partial charge in [0.1, 0.15) is 0 Å². The van der Waals surface area contributed by atoms with E-state index in [9.17, 15) is 9.59 Å². The summed E-state index contributed by atoms with van der Waals surface area (Å²) in [4.78, 5) is 24.7. The molecule has 0 aromatic heterocycles. The Balaban J connectivity index is 2.71. The summed E-state index contributed by atoms with van der Waals surface area (Å²) in [5.74, 6) is 1.48. The maximum atomic E-state index is 12.4. The number of hydrogen-bond donors (Lipinski definition) is 0. The molecule has 1 aromatic carbocycles. The number of carbonyl (C=O) groups excluding carboxylic acids is 2. The monoisotopic (exact) mass is 432 g/mol. The molecule has 0 heterocycles. The molecule has 0 aliphatic carbocycles. The second kappa shape index (κ2) is 15.9. The fourth-order valence-electron chi connectivity index (χ4n) is 3.44. The van der Waals surface area contributed by atoms with Gasteiger partial charge in [0, 0.05) is 12.8 Å². The molecule has 0 aliphatic rings. The van der Waals surface area contributed by atoms with Gasteiger partial charge in [-0.15, -0.1) is 0 Å². The van der Waals surface area contributed by atoms with Crippen LogP contribution in [0.4, 0.5) is 0 Å². The van der Waals surface area contributed by atoms with Crippen LogP contribution in [-0.2, 0) is 16.0 Å². The molecular formula is C27H44O4. The second-order valence-corrected chi connectivity index (χ2v) is 9.47. The van der Waals surface area contributed by atoms with Crippen molar-refractivity contribution in [1.82, 2.24) is 0 Å². The fourth-order valence-corrected chi connectivity index (χ4v) is 3.44. The van der Waals surface area contributed by atoms with E-state index in [2.05, 4.69) is 34.6 Å². The SMILES string of the molecule is CCCCCc1ccc(OC(=O)CCCCC(C)C)c(OC(=O)CCCCC(C)C)c1. The maximum Gasteiger partial charge on any atom is 0.311 e. The number of aryl methyl sites for hydroxylation is 1. The van der Waals surface area contributed by atoms with E-state index < -0.39 is 0 Å². The minimum atomic E-state index is -0.267. The van der Waals surface area contributed by atoms with Crippen molar-refractivity contribution in [2.45, 2.75) is 112 Å². The summed E-state index contributed by atoms with van der Waals surface area (Å²) in [5.41, 5.74) is 1.10. The van der Waals surface area contributed by atoms with E-state index >= 15 is 0 Å². The summed E-state index contributed by atoms with van der Waals surface area (Å²) in [7, 11) is 0. The van der Waals surface area contributed by atoms with Crippen LogP contribution in [-0.4, -0.2) is 11.9 Å². The summed E-state index contributed by atoms with van der Waals surface area (Å²) in [6.07, 6.45) is 11.0. The second-order valence-electron chi connectivity index (χ2n) is 9.47. The first kappa shape index (κ1) is 27.2. The van der Waals surface area contributed by atoms with Gasteiger partial charge in [0.05, 0.1) is 0 Å². The molecule has 0 amide bonds. The van der Waals surface area contributed by atoms with Crippen molar-refractivity contribution in [2.24, 2.45) is 11.8 Å². The van der Waals surface area contributed by atoms with E-state index in [0.29, 0.717) is 36.2 Å². The fraction of sp³-hybridized carbons (Fsp3) is 0.704. The number of carbonyl (C=O) groups is 2. The minimum Gasteiger partial charge on any atom is -0.423 e. The van der Waals surface area contributed by atoms with Gasteiger partial charge in [0.25, 0.3) is 0 Å².